The molecule has 3 N–H and O–H groups in total. The highest BCUT2D eigenvalue weighted by Crippen LogP contribution is 2.30. The lowest BCUT2D eigenvalue weighted by molar-refractivity contribution is 0.0904. The molecule has 0 saturated heterocycles. The van der Waals surface area contributed by atoms with Gasteiger partial charge in [-0.05, 0) is 35.7 Å². The number of fused-ring (bicyclic) bond motifs is 2. The maximum Gasteiger partial charge on any atom is 0.287 e. The number of nitrogens with two attached hydrogens (primary N) is 1. The number of rotatable bonds is 4. The lowest BCUT2D eigenvalue weighted by Crippen LogP contribution is -2.33. The second-order valence-corrected chi connectivity index (χ2v) is 7.00. The van der Waals surface area contributed by atoms with Crippen LogP contribution in [0.3, 0.4) is 0 Å². The van der Waals surface area contributed by atoms with Crippen molar-refractivity contribution in [1.29, 1.82) is 0 Å². The summed E-state index contributed by atoms with van der Waals surface area (Å²) in [5.74, 6) is 0.568. The number of amides is 1. The van der Waals surface area contributed by atoms with Crippen LogP contribution in [0.4, 0.5) is 0 Å². The Kier molecular flexibility index (Phi) is 5.87. The molecule has 3 aromatic rings. The van der Waals surface area contributed by atoms with E-state index in [-0.39, 0.29) is 42.4 Å². The molecule has 1 aliphatic carbocycles. The first kappa shape index (κ1) is 20.1. The summed E-state index contributed by atoms with van der Waals surface area (Å²) in [5, 5.41) is 5.19. The van der Waals surface area contributed by atoms with Crippen molar-refractivity contribution in [3.63, 3.8) is 0 Å². The van der Waals surface area contributed by atoms with Crippen LogP contribution < -0.4 is 11.1 Å². The summed E-state index contributed by atoms with van der Waals surface area (Å²) >= 11 is 0. The summed E-state index contributed by atoms with van der Waals surface area (Å²) in [4.78, 5) is 25.0. The van der Waals surface area contributed by atoms with Crippen LogP contribution in [0.1, 0.15) is 56.7 Å². The van der Waals surface area contributed by atoms with Gasteiger partial charge in [0, 0.05) is 24.9 Å². The zero-order valence-corrected chi connectivity index (χ0v) is 16.5. The average molecular weight is 399 g/mol. The number of hydrogen-bond donors (Lipinski definition) is 2. The van der Waals surface area contributed by atoms with E-state index in [0.29, 0.717) is 29.7 Å². The molecule has 5 nitrogen and oxygen atoms in total. The fourth-order valence-corrected chi connectivity index (χ4v) is 3.79. The molecule has 1 aliphatic rings. The van der Waals surface area contributed by atoms with E-state index in [1.165, 1.54) is 0 Å². The van der Waals surface area contributed by atoms with Crippen molar-refractivity contribution < 1.29 is 14.0 Å². The Bertz CT molecular complexity index is 1040. The third-order valence-corrected chi connectivity index (χ3v) is 5.23. The van der Waals surface area contributed by atoms with Gasteiger partial charge in [0.1, 0.15) is 5.76 Å². The summed E-state index contributed by atoms with van der Waals surface area (Å²) in [7, 11) is 0. The first-order valence-electron chi connectivity index (χ1n) is 9.23. The van der Waals surface area contributed by atoms with Crippen LogP contribution in [0.2, 0.25) is 0 Å². The molecule has 1 heterocycles. The Hall–Kier alpha value is -2.63. The lowest BCUT2D eigenvalue weighted by Gasteiger charge is -2.17. The summed E-state index contributed by atoms with van der Waals surface area (Å²) in [6.07, 6.45) is 1.97. The molecule has 0 fully saturated rings. The molecule has 6 heteroatoms. The van der Waals surface area contributed by atoms with E-state index < -0.39 is 0 Å². The third kappa shape index (κ3) is 3.55. The smallest absolute Gasteiger partial charge is 0.287 e. The van der Waals surface area contributed by atoms with Gasteiger partial charge in [0.15, 0.2) is 11.5 Å². The van der Waals surface area contributed by atoms with Gasteiger partial charge in [-0.1, -0.05) is 36.4 Å². The number of carbonyl (C=O) groups is 2. The molecule has 0 aliphatic heterocycles. The van der Waals surface area contributed by atoms with Crippen LogP contribution in [0.25, 0.3) is 10.8 Å². The predicted molar refractivity (Wildman–Crippen MR) is 111 cm³/mol. The monoisotopic (exact) mass is 398 g/mol. The fraction of sp³-hybridized carbons (Fsp3) is 0.273. The van der Waals surface area contributed by atoms with E-state index in [0.717, 1.165) is 22.8 Å². The number of benzene rings is 2. The predicted octanol–water partition coefficient (Wildman–Crippen LogP) is 4.11. The van der Waals surface area contributed by atoms with E-state index in [2.05, 4.69) is 5.32 Å². The first-order chi connectivity index (χ1) is 13.1. The Balaban J connectivity index is 0.00000225. The third-order valence-electron chi connectivity index (χ3n) is 5.23. The van der Waals surface area contributed by atoms with Crippen molar-refractivity contribution in [1.82, 2.24) is 5.32 Å². The summed E-state index contributed by atoms with van der Waals surface area (Å²) in [6.45, 7) is 2.04. The number of furan rings is 1. The van der Waals surface area contributed by atoms with E-state index >= 15 is 0 Å². The summed E-state index contributed by atoms with van der Waals surface area (Å²) < 4.78 is 5.75. The number of nitrogens with one attached hydrogen (secondary N) is 1. The maximum atomic E-state index is 12.8. The molecule has 0 spiro atoms. The van der Waals surface area contributed by atoms with Crippen LogP contribution in [-0.4, -0.2) is 18.2 Å². The summed E-state index contributed by atoms with van der Waals surface area (Å²) in [5.41, 5.74) is 8.08. The minimum absolute atomic E-state index is 0. The van der Waals surface area contributed by atoms with Gasteiger partial charge >= 0.3 is 0 Å². The van der Waals surface area contributed by atoms with Crippen molar-refractivity contribution in [3.05, 3.63) is 70.7 Å². The number of aryl methyl sites for hydroxylation is 1. The van der Waals surface area contributed by atoms with Crippen LogP contribution in [0.5, 0.6) is 0 Å². The Morgan fingerprint density at radius 2 is 1.93 bits per heavy atom. The van der Waals surface area contributed by atoms with Crippen molar-refractivity contribution >= 4 is 34.9 Å². The SMILES string of the molecule is Cc1c(C(=O)NC(CN)c2ccc3ccccc3c2)oc2c1C(=O)CCC2.Cl. The highest BCUT2D eigenvalue weighted by atomic mass is 35.5. The standard InChI is InChI=1S/C22H22N2O3.ClH/c1-13-20-18(25)7-4-8-19(20)27-21(13)22(26)24-17(12-23)16-10-9-14-5-2-3-6-15(14)11-16;/h2-3,5-6,9-11,17H,4,7-8,12,23H2,1H3,(H,24,26);1H. The van der Waals surface area contributed by atoms with Crippen molar-refractivity contribution in [2.75, 3.05) is 6.54 Å². The van der Waals surface area contributed by atoms with E-state index in [1.807, 2.05) is 42.5 Å². The molecule has 4 rings (SSSR count). The van der Waals surface area contributed by atoms with Crippen molar-refractivity contribution in [2.24, 2.45) is 5.73 Å². The zero-order valence-electron chi connectivity index (χ0n) is 15.7. The number of ketones is 1. The van der Waals surface area contributed by atoms with Crippen LogP contribution in [0, 0.1) is 6.92 Å². The second kappa shape index (κ2) is 8.17. The molecule has 0 radical (unpaired) electrons. The quantitative estimate of drug-likeness (QED) is 0.692. The van der Waals surface area contributed by atoms with Gasteiger partial charge in [-0.25, -0.2) is 0 Å². The van der Waals surface area contributed by atoms with E-state index in [9.17, 15) is 9.59 Å². The van der Waals surface area contributed by atoms with E-state index in [1.54, 1.807) is 6.92 Å². The fourth-order valence-electron chi connectivity index (χ4n) is 3.79. The van der Waals surface area contributed by atoms with Gasteiger partial charge in [-0.15, -0.1) is 12.4 Å². The largest absolute Gasteiger partial charge is 0.455 e. The molecule has 1 unspecified atom stereocenters. The topological polar surface area (TPSA) is 85.3 Å². The zero-order chi connectivity index (χ0) is 19.0. The second-order valence-electron chi connectivity index (χ2n) is 7.00. The lowest BCUT2D eigenvalue weighted by atomic mass is 9.94. The Morgan fingerprint density at radius 3 is 2.64 bits per heavy atom. The Morgan fingerprint density at radius 1 is 1.18 bits per heavy atom. The molecular formula is C22H23ClN2O3. The number of carbonyl (C=O) groups excluding carboxylic acids is 2. The van der Waals surface area contributed by atoms with Gasteiger partial charge in [0.2, 0.25) is 0 Å². The molecule has 1 aromatic heterocycles. The maximum absolute atomic E-state index is 12.8. The molecule has 1 amide bonds. The van der Waals surface area contributed by atoms with Crippen molar-refractivity contribution in [2.45, 2.75) is 32.2 Å². The minimum atomic E-state index is -0.335. The molecule has 1 atom stereocenters. The van der Waals surface area contributed by atoms with Gasteiger partial charge in [-0.3, -0.25) is 9.59 Å². The highest BCUT2D eigenvalue weighted by molar-refractivity contribution is 6.03. The highest BCUT2D eigenvalue weighted by Gasteiger charge is 2.29. The normalized spacial score (nSPS) is 14.3. The van der Waals surface area contributed by atoms with Gasteiger partial charge in [0.25, 0.3) is 5.91 Å². The van der Waals surface area contributed by atoms with Gasteiger partial charge < -0.3 is 15.5 Å². The van der Waals surface area contributed by atoms with Crippen LogP contribution in [0.15, 0.2) is 46.9 Å². The number of Topliss-reactive ketones (excluding diaryl/α,β-unsaturated/α-hetero) is 1. The molecule has 0 saturated carbocycles. The first-order valence-corrected chi connectivity index (χ1v) is 9.23. The number of hydrogen-bond acceptors (Lipinski definition) is 4. The number of halogens is 1. The van der Waals surface area contributed by atoms with Gasteiger partial charge in [0.05, 0.1) is 11.6 Å². The van der Waals surface area contributed by atoms with Gasteiger partial charge in [-0.2, -0.15) is 0 Å². The Labute approximate surface area is 169 Å². The van der Waals surface area contributed by atoms with E-state index in [4.69, 9.17) is 10.2 Å². The summed E-state index contributed by atoms with van der Waals surface area (Å²) in [6, 6.07) is 13.8. The van der Waals surface area contributed by atoms with Crippen LogP contribution in [-0.2, 0) is 6.42 Å². The molecular weight excluding hydrogens is 376 g/mol. The molecule has 146 valence electrons. The van der Waals surface area contributed by atoms with Crippen molar-refractivity contribution in [3.8, 4) is 0 Å². The minimum Gasteiger partial charge on any atom is -0.455 e. The molecule has 28 heavy (non-hydrogen) atoms. The van der Waals surface area contributed by atoms with Crippen LogP contribution >= 0.6 is 12.4 Å². The molecule has 0 bridgehead atoms. The average Bonchev–Trinajstić information content (AvgIpc) is 3.03. The molecule has 2 aromatic carbocycles.